The molecular formula is C20H24N6OS2. The molecule has 2 aromatic rings. The Bertz CT molecular complexity index is 934. The number of para-hydroxylation sites is 1. The number of nitrogens with one attached hydrogen (secondary N) is 2. The molecule has 3 heterocycles. The van der Waals surface area contributed by atoms with Gasteiger partial charge in [-0.05, 0) is 31.7 Å². The van der Waals surface area contributed by atoms with Crippen LogP contribution in [0.25, 0.3) is 0 Å². The molecule has 0 bridgehead atoms. The van der Waals surface area contributed by atoms with Gasteiger partial charge in [-0.15, -0.1) is 11.8 Å². The first-order chi connectivity index (χ1) is 14.2. The van der Waals surface area contributed by atoms with Gasteiger partial charge in [0.2, 0.25) is 0 Å². The van der Waals surface area contributed by atoms with E-state index in [-0.39, 0.29) is 6.17 Å². The van der Waals surface area contributed by atoms with E-state index < -0.39 is 0 Å². The third-order valence-corrected chi connectivity index (χ3v) is 6.09. The average molecular weight is 429 g/mol. The molecule has 2 N–H and O–H groups in total. The molecule has 0 radical (unpaired) electrons. The van der Waals surface area contributed by atoms with Crippen molar-refractivity contribution < 1.29 is 4.74 Å². The van der Waals surface area contributed by atoms with Crippen molar-refractivity contribution in [1.29, 1.82) is 0 Å². The number of benzene rings is 1. The van der Waals surface area contributed by atoms with Crippen LogP contribution >= 0.6 is 23.5 Å². The Hall–Kier alpha value is -2.39. The Kier molecular flexibility index (Phi) is 6.15. The molecule has 0 amide bonds. The van der Waals surface area contributed by atoms with Crippen molar-refractivity contribution in [3.05, 3.63) is 48.0 Å². The van der Waals surface area contributed by atoms with E-state index in [4.69, 9.17) is 19.7 Å². The standard InChI is InChI=1S/C20H24N6OS2/c1-4-5-11-29-20-23-17-16(19(24-20)28-3)18-22-15(25-26(18)13(2)21-17)12-27-14-9-7-6-8-10-14/h6-10,12-13,25H,4-5,11H2,1-3H3,(H,21,23,24). The van der Waals surface area contributed by atoms with Crippen LogP contribution in [0, 0.1) is 0 Å². The Balaban J connectivity index is 1.63. The van der Waals surface area contributed by atoms with Gasteiger partial charge in [-0.2, -0.15) is 0 Å². The number of hydrazine groups is 1. The van der Waals surface area contributed by atoms with E-state index in [1.165, 1.54) is 6.42 Å². The van der Waals surface area contributed by atoms with Gasteiger partial charge in [0, 0.05) is 5.75 Å². The second-order valence-electron chi connectivity index (χ2n) is 6.61. The first-order valence-corrected chi connectivity index (χ1v) is 11.8. The highest BCUT2D eigenvalue weighted by atomic mass is 32.2. The number of aliphatic imine (C=N–C) groups is 1. The first-order valence-electron chi connectivity index (χ1n) is 9.61. The lowest BCUT2D eigenvalue weighted by atomic mass is 10.2. The topological polar surface area (TPSA) is 74.7 Å². The molecule has 0 saturated carbocycles. The number of hydrogen-bond donors (Lipinski definition) is 2. The number of thioether (sulfide) groups is 2. The molecule has 4 rings (SSSR count). The minimum absolute atomic E-state index is 0.0121. The van der Waals surface area contributed by atoms with Crippen LogP contribution < -0.4 is 15.5 Å². The number of hydrogen-bond acceptors (Lipinski definition) is 9. The summed E-state index contributed by atoms with van der Waals surface area (Å²) in [6.07, 6.45) is 5.97. The fourth-order valence-corrected chi connectivity index (χ4v) is 4.57. The van der Waals surface area contributed by atoms with Crippen molar-refractivity contribution in [3.8, 4) is 5.75 Å². The second kappa shape index (κ2) is 8.96. The lowest BCUT2D eigenvalue weighted by Gasteiger charge is -2.34. The van der Waals surface area contributed by atoms with Gasteiger partial charge in [0.1, 0.15) is 29.0 Å². The predicted molar refractivity (Wildman–Crippen MR) is 119 cm³/mol. The molecule has 0 fully saturated rings. The lowest BCUT2D eigenvalue weighted by Crippen LogP contribution is -2.51. The fraction of sp³-hybridized carbons (Fsp3) is 0.350. The highest BCUT2D eigenvalue weighted by Gasteiger charge is 2.36. The summed E-state index contributed by atoms with van der Waals surface area (Å²) >= 11 is 3.31. The summed E-state index contributed by atoms with van der Waals surface area (Å²) in [5.41, 5.74) is 4.22. The molecule has 0 saturated heterocycles. The number of aromatic nitrogens is 2. The summed E-state index contributed by atoms with van der Waals surface area (Å²) in [4.78, 5) is 14.3. The minimum atomic E-state index is -0.0121. The number of anilines is 1. The van der Waals surface area contributed by atoms with E-state index in [1.807, 2.05) is 41.6 Å². The smallest absolute Gasteiger partial charge is 0.190 e. The van der Waals surface area contributed by atoms with Gasteiger partial charge >= 0.3 is 0 Å². The molecular weight excluding hydrogens is 404 g/mol. The van der Waals surface area contributed by atoms with Crippen LogP contribution in [-0.4, -0.2) is 39.0 Å². The summed E-state index contributed by atoms with van der Waals surface area (Å²) in [5.74, 6) is 4.07. The Labute approximate surface area is 179 Å². The van der Waals surface area contributed by atoms with Crippen LogP contribution in [0.3, 0.4) is 0 Å². The van der Waals surface area contributed by atoms with E-state index in [1.54, 1.807) is 29.8 Å². The zero-order valence-electron chi connectivity index (χ0n) is 16.7. The number of rotatable bonds is 7. The molecule has 1 unspecified atom stereocenters. The van der Waals surface area contributed by atoms with Crippen molar-refractivity contribution in [2.75, 3.05) is 17.3 Å². The molecule has 2 aliphatic heterocycles. The SMILES string of the molecule is CCCCSc1nc2c(c(SC)n1)C1=NC(=COc3ccccc3)NN1C(C)N2. The van der Waals surface area contributed by atoms with Crippen molar-refractivity contribution in [2.45, 2.75) is 43.0 Å². The van der Waals surface area contributed by atoms with Crippen LogP contribution in [-0.2, 0) is 0 Å². The predicted octanol–water partition coefficient (Wildman–Crippen LogP) is 4.31. The molecule has 152 valence electrons. The van der Waals surface area contributed by atoms with E-state index in [2.05, 4.69) is 24.6 Å². The minimum Gasteiger partial charge on any atom is -0.461 e. The van der Waals surface area contributed by atoms with Crippen molar-refractivity contribution in [1.82, 2.24) is 20.4 Å². The second-order valence-corrected chi connectivity index (χ2v) is 8.47. The largest absolute Gasteiger partial charge is 0.461 e. The molecule has 0 aliphatic carbocycles. The summed E-state index contributed by atoms with van der Waals surface area (Å²) < 4.78 is 5.73. The van der Waals surface area contributed by atoms with Gasteiger partial charge in [0.05, 0.1) is 5.56 Å². The van der Waals surface area contributed by atoms with E-state index in [0.29, 0.717) is 5.82 Å². The maximum atomic E-state index is 5.73. The Morgan fingerprint density at radius 3 is 2.83 bits per heavy atom. The van der Waals surface area contributed by atoms with E-state index in [0.717, 1.165) is 45.3 Å². The molecule has 9 heteroatoms. The molecule has 0 spiro atoms. The molecule has 29 heavy (non-hydrogen) atoms. The summed E-state index contributed by atoms with van der Waals surface area (Å²) in [7, 11) is 0. The summed E-state index contributed by atoms with van der Waals surface area (Å²) in [6, 6.07) is 9.64. The summed E-state index contributed by atoms with van der Waals surface area (Å²) in [5, 5.41) is 7.18. The lowest BCUT2D eigenvalue weighted by molar-refractivity contribution is 0.298. The monoisotopic (exact) mass is 428 g/mol. The fourth-order valence-electron chi connectivity index (χ4n) is 3.01. The molecule has 2 aliphatic rings. The van der Waals surface area contributed by atoms with Crippen LogP contribution in [0.5, 0.6) is 5.75 Å². The van der Waals surface area contributed by atoms with Crippen molar-refractivity contribution in [3.63, 3.8) is 0 Å². The Morgan fingerprint density at radius 1 is 1.24 bits per heavy atom. The van der Waals surface area contributed by atoms with Crippen LogP contribution in [0.2, 0.25) is 0 Å². The highest BCUT2D eigenvalue weighted by Crippen LogP contribution is 2.34. The van der Waals surface area contributed by atoms with Crippen LogP contribution in [0.1, 0.15) is 32.3 Å². The number of fused-ring (bicyclic) bond motifs is 3. The van der Waals surface area contributed by atoms with Crippen LogP contribution in [0.4, 0.5) is 5.82 Å². The van der Waals surface area contributed by atoms with Crippen LogP contribution in [0.15, 0.2) is 57.6 Å². The third kappa shape index (κ3) is 4.30. The summed E-state index contributed by atoms with van der Waals surface area (Å²) in [6.45, 7) is 4.26. The number of ether oxygens (including phenoxy) is 1. The maximum Gasteiger partial charge on any atom is 0.190 e. The molecule has 1 aromatic carbocycles. The Morgan fingerprint density at radius 2 is 2.07 bits per heavy atom. The molecule has 7 nitrogen and oxygen atoms in total. The zero-order chi connectivity index (χ0) is 20.2. The highest BCUT2D eigenvalue weighted by molar-refractivity contribution is 7.99. The molecule has 1 aromatic heterocycles. The van der Waals surface area contributed by atoms with Gasteiger partial charge in [-0.1, -0.05) is 43.3 Å². The zero-order valence-corrected chi connectivity index (χ0v) is 18.3. The third-order valence-electron chi connectivity index (χ3n) is 4.47. The van der Waals surface area contributed by atoms with Gasteiger partial charge in [0.25, 0.3) is 0 Å². The first kappa shape index (κ1) is 19.9. The number of nitrogens with zero attached hydrogens (tertiary/aromatic N) is 4. The maximum absolute atomic E-state index is 5.73. The van der Waals surface area contributed by atoms with E-state index >= 15 is 0 Å². The van der Waals surface area contributed by atoms with Crippen molar-refractivity contribution in [2.24, 2.45) is 4.99 Å². The quantitative estimate of drug-likeness (QED) is 0.222. The van der Waals surface area contributed by atoms with Gasteiger partial charge in [-0.25, -0.2) is 20.0 Å². The van der Waals surface area contributed by atoms with Gasteiger partial charge in [-0.3, -0.25) is 5.43 Å². The van der Waals surface area contributed by atoms with Gasteiger partial charge < -0.3 is 10.1 Å². The van der Waals surface area contributed by atoms with Crippen molar-refractivity contribution >= 4 is 35.2 Å². The van der Waals surface area contributed by atoms with E-state index in [9.17, 15) is 0 Å². The average Bonchev–Trinajstić information content (AvgIpc) is 3.17. The number of amidine groups is 1. The molecule has 1 atom stereocenters. The van der Waals surface area contributed by atoms with Gasteiger partial charge in [0.15, 0.2) is 16.8 Å². The number of unbranched alkanes of at least 4 members (excludes halogenated alkanes) is 1. The normalized spacial score (nSPS) is 18.6.